The van der Waals surface area contributed by atoms with E-state index >= 15 is 0 Å². The maximum atomic E-state index is 12.8. The highest BCUT2D eigenvalue weighted by molar-refractivity contribution is 6.01. The number of anilines is 2. The molecule has 0 heterocycles. The van der Waals surface area contributed by atoms with E-state index in [1.54, 1.807) is 4.90 Å². The molecule has 26 heavy (non-hydrogen) atoms. The Morgan fingerprint density at radius 2 is 1.85 bits per heavy atom. The average Bonchev–Trinajstić information content (AvgIpc) is 3.47. The van der Waals surface area contributed by atoms with E-state index in [1.165, 1.54) is 0 Å². The summed E-state index contributed by atoms with van der Waals surface area (Å²) < 4.78 is 0. The first-order valence-electron chi connectivity index (χ1n) is 9.11. The summed E-state index contributed by atoms with van der Waals surface area (Å²) >= 11 is 0. The van der Waals surface area contributed by atoms with Crippen molar-refractivity contribution in [2.45, 2.75) is 26.2 Å². The lowest BCUT2D eigenvalue weighted by atomic mass is 10.2. The second kappa shape index (κ2) is 8.52. The Morgan fingerprint density at radius 3 is 2.54 bits per heavy atom. The van der Waals surface area contributed by atoms with Crippen molar-refractivity contribution < 1.29 is 9.59 Å². The number of urea groups is 1. The minimum atomic E-state index is -0.171. The van der Waals surface area contributed by atoms with Crippen LogP contribution in [0.15, 0.2) is 54.6 Å². The zero-order chi connectivity index (χ0) is 18.4. The van der Waals surface area contributed by atoms with Crippen LogP contribution < -0.4 is 15.5 Å². The summed E-state index contributed by atoms with van der Waals surface area (Å²) in [4.78, 5) is 26.2. The SMILES string of the molecule is Cc1cccc(NC(=O)N(CCCNC(=O)C2CC2)c2ccccc2)c1. The van der Waals surface area contributed by atoms with Crippen LogP contribution >= 0.6 is 0 Å². The van der Waals surface area contributed by atoms with Crippen molar-refractivity contribution in [3.05, 3.63) is 60.2 Å². The molecule has 0 atom stereocenters. The predicted molar refractivity (Wildman–Crippen MR) is 104 cm³/mol. The number of benzene rings is 2. The molecule has 2 N–H and O–H groups in total. The molecule has 5 heteroatoms. The van der Waals surface area contributed by atoms with Crippen LogP contribution in [0.25, 0.3) is 0 Å². The third-order valence-corrected chi connectivity index (χ3v) is 4.39. The molecule has 0 aromatic heterocycles. The number of hydrogen-bond acceptors (Lipinski definition) is 2. The summed E-state index contributed by atoms with van der Waals surface area (Å²) in [5.41, 5.74) is 2.71. The third-order valence-electron chi connectivity index (χ3n) is 4.39. The van der Waals surface area contributed by atoms with Gasteiger partial charge in [-0.3, -0.25) is 9.69 Å². The van der Waals surface area contributed by atoms with Gasteiger partial charge in [-0.25, -0.2) is 4.79 Å². The smallest absolute Gasteiger partial charge is 0.326 e. The van der Waals surface area contributed by atoms with Crippen molar-refractivity contribution in [1.29, 1.82) is 0 Å². The van der Waals surface area contributed by atoms with Gasteiger partial charge in [0.25, 0.3) is 0 Å². The molecule has 0 radical (unpaired) electrons. The van der Waals surface area contributed by atoms with Crippen LogP contribution in [0.2, 0.25) is 0 Å². The number of para-hydroxylation sites is 1. The number of amides is 3. The summed E-state index contributed by atoms with van der Waals surface area (Å²) in [6.07, 6.45) is 2.70. The quantitative estimate of drug-likeness (QED) is 0.742. The predicted octanol–water partition coefficient (Wildman–Crippen LogP) is 3.95. The van der Waals surface area contributed by atoms with Crippen LogP contribution in [0.5, 0.6) is 0 Å². The molecule has 136 valence electrons. The first-order valence-corrected chi connectivity index (χ1v) is 9.11. The fraction of sp³-hybridized carbons (Fsp3) is 0.333. The second-order valence-corrected chi connectivity index (χ2v) is 6.71. The molecule has 2 aromatic carbocycles. The Morgan fingerprint density at radius 1 is 1.08 bits per heavy atom. The molecule has 3 amide bonds. The highest BCUT2D eigenvalue weighted by Gasteiger charge is 2.29. The maximum absolute atomic E-state index is 12.8. The summed E-state index contributed by atoms with van der Waals surface area (Å²) in [6, 6.07) is 17.1. The Kier molecular flexibility index (Phi) is 5.89. The molecule has 0 unspecified atom stereocenters. The standard InChI is InChI=1S/C21H25N3O2/c1-16-7-5-8-18(15-16)23-21(26)24(19-9-3-2-4-10-19)14-6-13-22-20(25)17-11-12-17/h2-5,7-10,15,17H,6,11-14H2,1H3,(H,22,25)(H,23,26). The lowest BCUT2D eigenvalue weighted by Gasteiger charge is -2.23. The number of nitrogens with zero attached hydrogens (tertiary/aromatic N) is 1. The summed E-state index contributed by atoms with van der Waals surface area (Å²) in [6.45, 7) is 3.11. The van der Waals surface area contributed by atoms with E-state index in [2.05, 4.69) is 10.6 Å². The van der Waals surface area contributed by atoms with Gasteiger partial charge in [0.15, 0.2) is 0 Å². The molecule has 1 fully saturated rings. The lowest BCUT2D eigenvalue weighted by Crippen LogP contribution is -2.37. The molecule has 5 nitrogen and oxygen atoms in total. The van der Waals surface area contributed by atoms with Crippen LogP contribution in [0, 0.1) is 12.8 Å². The Bertz CT molecular complexity index is 757. The molecule has 0 spiro atoms. The van der Waals surface area contributed by atoms with Crippen molar-refractivity contribution >= 4 is 23.3 Å². The van der Waals surface area contributed by atoms with Crippen LogP contribution in [-0.2, 0) is 4.79 Å². The fourth-order valence-electron chi connectivity index (χ4n) is 2.81. The Hall–Kier alpha value is -2.82. The number of carbonyl (C=O) groups is 2. The van der Waals surface area contributed by atoms with E-state index in [-0.39, 0.29) is 17.9 Å². The molecule has 3 rings (SSSR count). The summed E-state index contributed by atoms with van der Waals surface area (Å²) in [5, 5.41) is 5.91. The number of rotatable bonds is 7. The van der Waals surface area contributed by atoms with Crippen molar-refractivity contribution in [3.8, 4) is 0 Å². The lowest BCUT2D eigenvalue weighted by molar-refractivity contribution is -0.122. The van der Waals surface area contributed by atoms with E-state index < -0.39 is 0 Å². The van der Waals surface area contributed by atoms with Gasteiger partial charge in [0.1, 0.15) is 0 Å². The van der Waals surface area contributed by atoms with Crippen molar-refractivity contribution in [2.75, 3.05) is 23.3 Å². The molecule has 1 aliphatic rings. The highest BCUT2D eigenvalue weighted by Crippen LogP contribution is 2.28. The highest BCUT2D eigenvalue weighted by atomic mass is 16.2. The molecule has 0 bridgehead atoms. The normalized spacial score (nSPS) is 13.1. The summed E-state index contributed by atoms with van der Waals surface area (Å²) in [5.74, 6) is 0.352. The zero-order valence-electron chi connectivity index (χ0n) is 15.1. The van der Waals surface area contributed by atoms with Gasteiger partial charge < -0.3 is 10.6 Å². The molecule has 0 aliphatic heterocycles. The Labute approximate surface area is 154 Å². The molecule has 1 aliphatic carbocycles. The van der Waals surface area contributed by atoms with E-state index in [4.69, 9.17) is 0 Å². The number of carbonyl (C=O) groups excluding carboxylic acids is 2. The van der Waals surface area contributed by atoms with Gasteiger partial charge in [-0.15, -0.1) is 0 Å². The minimum Gasteiger partial charge on any atom is -0.356 e. The van der Waals surface area contributed by atoms with Crippen LogP contribution in [-0.4, -0.2) is 25.0 Å². The minimum absolute atomic E-state index is 0.139. The molecule has 1 saturated carbocycles. The van der Waals surface area contributed by atoms with Crippen molar-refractivity contribution in [3.63, 3.8) is 0 Å². The van der Waals surface area contributed by atoms with E-state index in [0.717, 1.165) is 29.8 Å². The number of nitrogens with one attached hydrogen (secondary N) is 2. The van der Waals surface area contributed by atoms with Gasteiger partial charge in [-0.05, 0) is 56.0 Å². The van der Waals surface area contributed by atoms with Crippen molar-refractivity contribution in [1.82, 2.24) is 5.32 Å². The van der Waals surface area contributed by atoms with Gasteiger partial charge in [0.05, 0.1) is 0 Å². The van der Waals surface area contributed by atoms with Gasteiger partial charge in [0.2, 0.25) is 5.91 Å². The van der Waals surface area contributed by atoms with Crippen molar-refractivity contribution in [2.24, 2.45) is 5.92 Å². The monoisotopic (exact) mass is 351 g/mol. The van der Waals surface area contributed by atoms with Crippen LogP contribution in [0.3, 0.4) is 0 Å². The zero-order valence-corrected chi connectivity index (χ0v) is 15.1. The Balaban J connectivity index is 1.60. The molecular weight excluding hydrogens is 326 g/mol. The number of hydrogen-bond donors (Lipinski definition) is 2. The van der Waals surface area contributed by atoms with Gasteiger partial charge >= 0.3 is 6.03 Å². The first-order chi connectivity index (χ1) is 12.6. The fourth-order valence-corrected chi connectivity index (χ4v) is 2.81. The second-order valence-electron chi connectivity index (χ2n) is 6.71. The van der Waals surface area contributed by atoms with Gasteiger partial charge in [0, 0.05) is 30.4 Å². The number of aryl methyl sites for hydroxylation is 1. The maximum Gasteiger partial charge on any atom is 0.326 e. The van der Waals surface area contributed by atoms with Gasteiger partial charge in [-0.1, -0.05) is 30.3 Å². The van der Waals surface area contributed by atoms with E-state index in [0.29, 0.717) is 19.5 Å². The molecule has 0 saturated heterocycles. The largest absolute Gasteiger partial charge is 0.356 e. The first kappa shape index (κ1) is 18.0. The van der Waals surface area contributed by atoms with Gasteiger partial charge in [-0.2, -0.15) is 0 Å². The van der Waals surface area contributed by atoms with E-state index in [9.17, 15) is 9.59 Å². The summed E-state index contributed by atoms with van der Waals surface area (Å²) in [7, 11) is 0. The van der Waals surface area contributed by atoms with Crippen LogP contribution in [0.4, 0.5) is 16.2 Å². The average molecular weight is 351 g/mol. The third kappa shape index (κ3) is 5.09. The molecule has 2 aromatic rings. The van der Waals surface area contributed by atoms with Crippen LogP contribution in [0.1, 0.15) is 24.8 Å². The molecular formula is C21H25N3O2. The topological polar surface area (TPSA) is 61.4 Å². The van der Waals surface area contributed by atoms with E-state index in [1.807, 2.05) is 61.5 Å².